The molecule has 0 aliphatic rings. The normalized spacial score (nSPS) is 11.2. The van der Waals surface area contributed by atoms with Crippen molar-refractivity contribution in [3.8, 4) is 5.69 Å². The zero-order chi connectivity index (χ0) is 22.9. The summed E-state index contributed by atoms with van der Waals surface area (Å²) in [6.45, 7) is 1.97. The average molecular weight is 459 g/mol. The van der Waals surface area contributed by atoms with E-state index in [1.54, 1.807) is 12.1 Å². The number of hydrogen-bond acceptors (Lipinski definition) is 4. The predicted octanol–water partition coefficient (Wildman–Crippen LogP) is 5.05. The first kappa shape index (κ1) is 21.0. The van der Waals surface area contributed by atoms with Crippen LogP contribution < -0.4 is 10.9 Å². The maximum Gasteiger partial charge on any atom is 0.283 e. The SMILES string of the molecule is Cc1ccc(NC(=O)CSc2nc3c([nH]c4ccccc43)c(=O)n2-c2ccccc2F)cc1. The minimum absolute atomic E-state index is 0.00261. The van der Waals surface area contributed by atoms with E-state index in [0.717, 1.165) is 28.2 Å². The van der Waals surface area contributed by atoms with Crippen LogP contribution in [0, 0.1) is 12.7 Å². The second-order valence-corrected chi connectivity index (χ2v) is 8.53. The molecule has 33 heavy (non-hydrogen) atoms. The number of aromatic nitrogens is 3. The van der Waals surface area contributed by atoms with E-state index in [9.17, 15) is 14.0 Å². The van der Waals surface area contributed by atoms with E-state index in [4.69, 9.17) is 0 Å². The number of carbonyl (C=O) groups is 1. The van der Waals surface area contributed by atoms with Crippen LogP contribution in [0.5, 0.6) is 0 Å². The standard InChI is InChI=1S/C25H19FN4O2S/c1-15-10-12-16(13-11-15)27-21(31)14-33-25-29-22-17-6-2-4-8-19(17)28-23(22)24(32)30(25)20-9-5-3-7-18(20)26/h2-13,28H,14H2,1H3,(H,27,31). The zero-order valence-corrected chi connectivity index (χ0v) is 18.4. The lowest BCUT2D eigenvalue weighted by atomic mass is 10.2. The van der Waals surface area contributed by atoms with Gasteiger partial charge in [-0.3, -0.25) is 14.2 Å². The molecule has 8 heteroatoms. The van der Waals surface area contributed by atoms with Gasteiger partial charge in [-0.1, -0.05) is 59.8 Å². The van der Waals surface area contributed by atoms with E-state index in [2.05, 4.69) is 15.3 Å². The molecule has 2 aromatic heterocycles. The molecule has 6 nitrogen and oxygen atoms in total. The summed E-state index contributed by atoms with van der Waals surface area (Å²) >= 11 is 1.08. The van der Waals surface area contributed by atoms with E-state index in [1.807, 2.05) is 55.5 Å². The van der Waals surface area contributed by atoms with Crippen LogP contribution in [-0.4, -0.2) is 26.2 Å². The van der Waals surface area contributed by atoms with Gasteiger partial charge in [-0.25, -0.2) is 9.37 Å². The van der Waals surface area contributed by atoms with Crippen molar-refractivity contribution in [3.05, 3.63) is 94.5 Å². The zero-order valence-electron chi connectivity index (χ0n) is 17.6. The van der Waals surface area contributed by atoms with Crippen LogP contribution in [0.1, 0.15) is 5.56 Å². The van der Waals surface area contributed by atoms with E-state index in [0.29, 0.717) is 11.2 Å². The number of aryl methyl sites for hydroxylation is 1. The first-order valence-corrected chi connectivity index (χ1v) is 11.3. The highest BCUT2D eigenvalue weighted by atomic mass is 32.2. The molecular weight excluding hydrogens is 439 g/mol. The summed E-state index contributed by atoms with van der Waals surface area (Å²) in [5.41, 5.74) is 2.96. The minimum Gasteiger partial charge on any atom is -0.349 e. The molecule has 164 valence electrons. The fourth-order valence-corrected chi connectivity index (χ4v) is 4.45. The number of H-pyrrole nitrogens is 1. The summed E-state index contributed by atoms with van der Waals surface area (Å²) in [4.78, 5) is 33.8. The Morgan fingerprint density at radius 1 is 1.06 bits per heavy atom. The lowest BCUT2D eigenvalue weighted by Gasteiger charge is -2.13. The number of para-hydroxylation sites is 2. The van der Waals surface area contributed by atoms with Crippen LogP contribution in [0.3, 0.4) is 0 Å². The summed E-state index contributed by atoms with van der Waals surface area (Å²) < 4.78 is 15.9. The van der Waals surface area contributed by atoms with Gasteiger partial charge in [-0.15, -0.1) is 0 Å². The van der Waals surface area contributed by atoms with Crippen molar-refractivity contribution in [2.24, 2.45) is 0 Å². The quantitative estimate of drug-likeness (QED) is 0.286. The Morgan fingerprint density at radius 2 is 1.79 bits per heavy atom. The number of fused-ring (bicyclic) bond motifs is 3. The Hall–Kier alpha value is -3.91. The molecule has 0 unspecified atom stereocenters. The first-order valence-electron chi connectivity index (χ1n) is 10.3. The van der Waals surface area contributed by atoms with Crippen LogP contribution in [-0.2, 0) is 4.79 Å². The highest BCUT2D eigenvalue weighted by Crippen LogP contribution is 2.27. The number of halogens is 1. The van der Waals surface area contributed by atoms with E-state index < -0.39 is 11.4 Å². The molecule has 0 bridgehead atoms. The maximum atomic E-state index is 14.7. The molecule has 0 aliphatic heterocycles. The Bertz CT molecular complexity index is 1560. The molecule has 2 heterocycles. The van der Waals surface area contributed by atoms with Crippen LogP contribution in [0.25, 0.3) is 27.6 Å². The highest BCUT2D eigenvalue weighted by Gasteiger charge is 2.19. The summed E-state index contributed by atoms with van der Waals surface area (Å²) in [5, 5.41) is 3.86. The topological polar surface area (TPSA) is 79.8 Å². The van der Waals surface area contributed by atoms with Crippen LogP contribution in [0.4, 0.5) is 10.1 Å². The number of benzene rings is 3. The third-order valence-electron chi connectivity index (χ3n) is 5.26. The monoisotopic (exact) mass is 458 g/mol. The summed E-state index contributed by atoms with van der Waals surface area (Å²) in [7, 11) is 0. The number of hydrogen-bond donors (Lipinski definition) is 2. The number of aromatic amines is 1. The van der Waals surface area contributed by atoms with Crippen molar-refractivity contribution in [1.82, 2.24) is 14.5 Å². The van der Waals surface area contributed by atoms with Crippen molar-refractivity contribution in [2.75, 3.05) is 11.1 Å². The van der Waals surface area contributed by atoms with Crippen LogP contribution in [0.15, 0.2) is 82.7 Å². The number of nitrogens with zero attached hydrogens (tertiary/aromatic N) is 2. The van der Waals surface area contributed by atoms with Crippen LogP contribution >= 0.6 is 11.8 Å². The molecular formula is C25H19FN4O2S. The second kappa shape index (κ2) is 8.55. The number of anilines is 1. The Morgan fingerprint density at radius 3 is 2.58 bits per heavy atom. The van der Waals surface area contributed by atoms with Crippen molar-refractivity contribution >= 4 is 45.3 Å². The molecule has 0 saturated carbocycles. The maximum absolute atomic E-state index is 14.7. The Kier molecular flexibility index (Phi) is 5.43. The summed E-state index contributed by atoms with van der Waals surface area (Å²) in [6, 6.07) is 20.9. The Balaban J connectivity index is 1.57. The van der Waals surface area contributed by atoms with Gasteiger partial charge in [-0.05, 0) is 37.3 Å². The van der Waals surface area contributed by atoms with Gasteiger partial charge in [-0.2, -0.15) is 0 Å². The molecule has 0 radical (unpaired) electrons. The molecule has 2 N–H and O–H groups in total. The first-order chi connectivity index (χ1) is 16.0. The second-order valence-electron chi connectivity index (χ2n) is 7.58. The number of amides is 1. The number of nitrogens with one attached hydrogen (secondary N) is 2. The fraction of sp³-hybridized carbons (Fsp3) is 0.0800. The van der Waals surface area contributed by atoms with E-state index >= 15 is 0 Å². The summed E-state index contributed by atoms with van der Waals surface area (Å²) in [6.07, 6.45) is 0. The van der Waals surface area contributed by atoms with Gasteiger partial charge in [0.2, 0.25) is 5.91 Å². The summed E-state index contributed by atoms with van der Waals surface area (Å²) in [5.74, 6) is -0.803. The lowest BCUT2D eigenvalue weighted by molar-refractivity contribution is -0.113. The van der Waals surface area contributed by atoms with Crippen molar-refractivity contribution in [2.45, 2.75) is 12.1 Å². The molecule has 3 aromatic carbocycles. The van der Waals surface area contributed by atoms with Crippen LogP contribution in [0.2, 0.25) is 0 Å². The number of carbonyl (C=O) groups excluding carboxylic acids is 1. The molecule has 0 spiro atoms. The third-order valence-corrected chi connectivity index (χ3v) is 6.19. The average Bonchev–Trinajstić information content (AvgIpc) is 3.19. The largest absolute Gasteiger partial charge is 0.349 e. The molecule has 0 aliphatic carbocycles. The Labute approximate surface area is 192 Å². The fourth-order valence-electron chi connectivity index (χ4n) is 3.65. The predicted molar refractivity (Wildman–Crippen MR) is 130 cm³/mol. The van der Waals surface area contributed by atoms with Crippen molar-refractivity contribution in [3.63, 3.8) is 0 Å². The van der Waals surface area contributed by atoms with Gasteiger partial charge in [0.25, 0.3) is 5.56 Å². The van der Waals surface area contributed by atoms with Crippen molar-refractivity contribution in [1.29, 1.82) is 0 Å². The molecule has 5 aromatic rings. The van der Waals surface area contributed by atoms with Gasteiger partial charge in [0, 0.05) is 16.6 Å². The van der Waals surface area contributed by atoms with Crippen molar-refractivity contribution < 1.29 is 9.18 Å². The van der Waals surface area contributed by atoms with E-state index in [1.165, 1.54) is 16.7 Å². The van der Waals surface area contributed by atoms with Gasteiger partial charge in [0.05, 0.1) is 11.4 Å². The number of rotatable bonds is 5. The smallest absolute Gasteiger partial charge is 0.283 e. The van der Waals surface area contributed by atoms with Gasteiger partial charge >= 0.3 is 0 Å². The highest BCUT2D eigenvalue weighted by molar-refractivity contribution is 7.99. The molecule has 0 fully saturated rings. The third kappa shape index (κ3) is 4.01. The number of thioether (sulfide) groups is 1. The molecule has 0 atom stereocenters. The molecule has 0 saturated heterocycles. The van der Waals surface area contributed by atoms with Gasteiger partial charge < -0.3 is 10.3 Å². The lowest BCUT2D eigenvalue weighted by Crippen LogP contribution is -2.23. The van der Waals surface area contributed by atoms with E-state index in [-0.39, 0.29) is 28.0 Å². The molecule has 5 rings (SSSR count). The van der Waals surface area contributed by atoms with Gasteiger partial charge in [0.1, 0.15) is 16.9 Å². The van der Waals surface area contributed by atoms with Gasteiger partial charge in [0.15, 0.2) is 5.16 Å². The minimum atomic E-state index is -0.553. The molecule has 1 amide bonds.